The summed E-state index contributed by atoms with van der Waals surface area (Å²) in [4.78, 5) is 12.0. The average molecular weight is 505 g/mol. The molecule has 29 heavy (non-hydrogen) atoms. The molecule has 0 radical (unpaired) electrons. The maximum absolute atomic E-state index is 5.30. The monoisotopic (exact) mass is 505 g/mol. The molecule has 4 N–H and O–H groups in total. The summed E-state index contributed by atoms with van der Waals surface area (Å²) in [6, 6.07) is 12.0. The Morgan fingerprint density at radius 1 is 1.10 bits per heavy atom. The highest BCUT2D eigenvalue weighted by molar-refractivity contribution is 14.0. The minimum absolute atomic E-state index is 0. The minimum atomic E-state index is 0. The highest BCUT2D eigenvalue weighted by atomic mass is 127. The van der Waals surface area contributed by atoms with Crippen LogP contribution in [0.15, 0.2) is 58.3 Å². The van der Waals surface area contributed by atoms with Gasteiger partial charge in [0.2, 0.25) is 5.82 Å². The number of aliphatic imine (C=N–C) groups is 1. The molecule has 8 nitrogen and oxygen atoms in total. The Hall–Kier alpha value is -2.82. The highest BCUT2D eigenvalue weighted by Gasteiger charge is 2.08. The largest absolute Gasteiger partial charge is 0.461 e. The number of hydrogen-bond donors (Lipinski definition) is 4. The molecule has 0 saturated carbocycles. The van der Waals surface area contributed by atoms with Crippen LogP contribution in [0.4, 0.5) is 0 Å². The van der Waals surface area contributed by atoms with Crippen LogP contribution < -0.4 is 10.6 Å². The van der Waals surface area contributed by atoms with Crippen LogP contribution >= 0.6 is 24.0 Å². The Morgan fingerprint density at radius 3 is 2.72 bits per heavy atom. The number of benzene rings is 1. The first-order valence-electron chi connectivity index (χ1n) is 9.28. The molecule has 0 atom stereocenters. The number of halogens is 1. The molecule has 4 aromatic rings. The third-order valence-electron chi connectivity index (χ3n) is 4.51. The van der Waals surface area contributed by atoms with Crippen LogP contribution in [0.2, 0.25) is 0 Å². The molecule has 1 aromatic carbocycles. The van der Waals surface area contributed by atoms with Crippen molar-refractivity contribution in [2.75, 3.05) is 20.1 Å². The van der Waals surface area contributed by atoms with E-state index in [1.54, 1.807) is 13.3 Å². The normalized spacial score (nSPS) is 11.4. The number of aromatic amines is 2. The first-order chi connectivity index (χ1) is 13.8. The van der Waals surface area contributed by atoms with Gasteiger partial charge in [-0.25, -0.2) is 4.98 Å². The van der Waals surface area contributed by atoms with Crippen molar-refractivity contribution >= 4 is 40.8 Å². The van der Waals surface area contributed by atoms with Gasteiger partial charge in [0.15, 0.2) is 11.7 Å². The Labute approximate surface area is 185 Å². The molecule has 3 aromatic heterocycles. The molecular weight excluding hydrogens is 481 g/mol. The summed E-state index contributed by atoms with van der Waals surface area (Å²) in [6.45, 7) is 1.49. The van der Waals surface area contributed by atoms with Crippen LogP contribution in [0.1, 0.15) is 11.4 Å². The van der Waals surface area contributed by atoms with Gasteiger partial charge >= 0.3 is 0 Å². The smallest absolute Gasteiger partial charge is 0.216 e. The van der Waals surface area contributed by atoms with E-state index in [1.807, 2.05) is 18.2 Å². The van der Waals surface area contributed by atoms with Crippen LogP contribution in [-0.2, 0) is 12.8 Å². The maximum Gasteiger partial charge on any atom is 0.216 e. The lowest BCUT2D eigenvalue weighted by Crippen LogP contribution is -2.39. The molecule has 0 aliphatic heterocycles. The second-order valence-corrected chi connectivity index (χ2v) is 6.37. The van der Waals surface area contributed by atoms with Crippen molar-refractivity contribution in [2.45, 2.75) is 12.8 Å². The number of rotatable bonds is 7. The molecule has 3 heterocycles. The van der Waals surface area contributed by atoms with E-state index in [-0.39, 0.29) is 24.0 Å². The molecule has 9 heteroatoms. The SMILES string of the molecule is CN=C(NCCc1nc(-c2ccco2)n[nH]1)NCCc1c[nH]c2ccccc12.I. The van der Waals surface area contributed by atoms with E-state index < -0.39 is 0 Å². The summed E-state index contributed by atoms with van der Waals surface area (Å²) in [5, 5.41) is 15.0. The van der Waals surface area contributed by atoms with E-state index in [9.17, 15) is 0 Å². The quantitative estimate of drug-likeness (QED) is 0.176. The van der Waals surface area contributed by atoms with Crippen molar-refractivity contribution in [3.63, 3.8) is 0 Å². The Kier molecular flexibility index (Phi) is 7.28. The Bertz CT molecular complexity index is 1050. The fourth-order valence-corrected chi connectivity index (χ4v) is 3.10. The van der Waals surface area contributed by atoms with Crippen molar-refractivity contribution < 1.29 is 4.42 Å². The first kappa shape index (κ1) is 20.9. The van der Waals surface area contributed by atoms with Gasteiger partial charge in [0, 0.05) is 43.7 Å². The number of nitrogens with zero attached hydrogens (tertiary/aromatic N) is 3. The molecule has 0 fully saturated rings. The van der Waals surface area contributed by atoms with Gasteiger partial charge in [-0.3, -0.25) is 10.1 Å². The third kappa shape index (κ3) is 5.17. The number of H-pyrrole nitrogens is 2. The minimum Gasteiger partial charge on any atom is -0.461 e. The molecule has 0 bridgehead atoms. The number of hydrogen-bond acceptors (Lipinski definition) is 4. The van der Waals surface area contributed by atoms with Crippen LogP contribution in [0.5, 0.6) is 0 Å². The van der Waals surface area contributed by atoms with Gasteiger partial charge in [0.05, 0.1) is 6.26 Å². The molecule has 0 aliphatic rings. The number of fused-ring (bicyclic) bond motifs is 1. The Morgan fingerprint density at radius 2 is 1.93 bits per heavy atom. The standard InChI is InChI=1S/C20H23N7O.HI/c1-21-20(22-10-8-14-13-24-16-6-3-2-5-15(14)16)23-11-9-18-25-19(27-26-18)17-7-4-12-28-17;/h2-7,12-13,24H,8-11H2,1H3,(H2,21,22,23)(H,25,26,27);1H. The molecular formula is C20H24IN7O. The van der Waals surface area contributed by atoms with Crippen molar-refractivity contribution in [1.82, 2.24) is 30.8 Å². The van der Waals surface area contributed by atoms with E-state index in [4.69, 9.17) is 4.42 Å². The third-order valence-corrected chi connectivity index (χ3v) is 4.51. The van der Waals surface area contributed by atoms with Crippen molar-refractivity contribution in [3.8, 4) is 11.6 Å². The van der Waals surface area contributed by atoms with Crippen LogP contribution in [0.25, 0.3) is 22.5 Å². The zero-order valence-electron chi connectivity index (χ0n) is 16.1. The average Bonchev–Trinajstić information content (AvgIpc) is 3.47. The van der Waals surface area contributed by atoms with Gasteiger partial charge in [0.25, 0.3) is 0 Å². The molecule has 0 unspecified atom stereocenters. The molecule has 0 aliphatic carbocycles. The number of aromatic nitrogens is 4. The first-order valence-corrected chi connectivity index (χ1v) is 9.28. The van der Waals surface area contributed by atoms with Gasteiger partial charge in [0.1, 0.15) is 5.82 Å². The number of guanidine groups is 1. The van der Waals surface area contributed by atoms with Gasteiger partial charge in [-0.15, -0.1) is 24.0 Å². The van der Waals surface area contributed by atoms with Gasteiger partial charge in [-0.05, 0) is 30.2 Å². The predicted molar refractivity (Wildman–Crippen MR) is 125 cm³/mol. The van der Waals surface area contributed by atoms with Gasteiger partial charge in [-0.2, -0.15) is 5.10 Å². The van der Waals surface area contributed by atoms with Gasteiger partial charge in [-0.1, -0.05) is 18.2 Å². The maximum atomic E-state index is 5.30. The second kappa shape index (κ2) is 10.1. The van der Waals surface area contributed by atoms with Gasteiger partial charge < -0.3 is 20.0 Å². The van der Waals surface area contributed by atoms with E-state index >= 15 is 0 Å². The summed E-state index contributed by atoms with van der Waals surface area (Å²) in [6.07, 6.45) is 5.30. The highest BCUT2D eigenvalue weighted by Crippen LogP contribution is 2.17. The summed E-state index contributed by atoms with van der Waals surface area (Å²) >= 11 is 0. The topological polar surface area (TPSA) is 107 Å². The summed E-state index contributed by atoms with van der Waals surface area (Å²) in [5.74, 6) is 2.80. The zero-order chi connectivity index (χ0) is 19.2. The summed E-state index contributed by atoms with van der Waals surface area (Å²) in [7, 11) is 1.77. The lowest BCUT2D eigenvalue weighted by Gasteiger charge is -2.11. The molecule has 0 amide bonds. The van der Waals surface area contributed by atoms with Crippen LogP contribution in [0, 0.1) is 0 Å². The van der Waals surface area contributed by atoms with Crippen LogP contribution in [-0.4, -0.2) is 46.3 Å². The molecule has 0 saturated heterocycles. The van der Waals surface area contributed by atoms with E-state index in [0.717, 1.165) is 24.7 Å². The number of furan rings is 1. The fourth-order valence-electron chi connectivity index (χ4n) is 3.10. The number of para-hydroxylation sites is 1. The molecule has 0 spiro atoms. The van der Waals surface area contributed by atoms with Crippen LogP contribution in [0.3, 0.4) is 0 Å². The molecule has 152 valence electrons. The van der Waals surface area contributed by atoms with E-state index in [1.165, 1.54) is 16.5 Å². The fraction of sp³-hybridized carbons (Fsp3) is 0.250. The van der Waals surface area contributed by atoms with E-state index in [2.05, 4.69) is 60.2 Å². The lowest BCUT2D eigenvalue weighted by molar-refractivity contribution is 0.577. The van der Waals surface area contributed by atoms with E-state index in [0.29, 0.717) is 24.6 Å². The predicted octanol–water partition coefficient (Wildman–Crippen LogP) is 3.11. The Balaban J connectivity index is 0.00000240. The van der Waals surface area contributed by atoms with Crippen molar-refractivity contribution in [1.29, 1.82) is 0 Å². The summed E-state index contributed by atoms with van der Waals surface area (Å²) in [5.41, 5.74) is 2.46. The molecule has 4 rings (SSSR count). The zero-order valence-corrected chi connectivity index (χ0v) is 18.4. The summed E-state index contributed by atoms with van der Waals surface area (Å²) < 4.78 is 5.30. The number of nitrogens with one attached hydrogen (secondary N) is 4. The van der Waals surface area contributed by atoms with Crippen molar-refractivity contribution in [3.05, 3.63) is 60.2 Å². The lowest BCUT2D eigenvalue weighted by atomic mass is 10.1. The second-order valence-electron chi connectivity index (χ2n) is 6.37. The van der Waals surface area contributed by atoms with Crippen molar-refractivity contribution in [2.24, 2.45) is 4.99 Å².